The van der Waals surface area contributed by atoms with E-state index in [2.05, 4.69) is 49.8 Å². The van der Waals surface area contributed by atoms with Crippen LogP contribution >= 0.6 is 0 Å². The number of hydrogen-bond donors (Lipinski definition) is 2. The number of fused-ring (bicyclic) bond motifs is 1. The van der Waals surface area contributed by atoms with Crippen LogP contribution in [0.2, 0.25) is 0 Å². The lowest BCUT2D eigenvalue weighted by molar-refractivity contribution is 0.0562. The Morgan fingerprint density at radius 1 is 1.26 bits per heavy atom. The van der Waals surface area contributed by atoms with Gasteiger partial charge in [-0.3, -0.25) is 9.69 Å². The van der Waals surface area contributed by atoms with Crippen molar-refractivity contribution >= 4 is 5.91 Å². The number of carbonyl (C=O) groups is 1. The summed E-state index contributed by atoms with van der Waals surface area (Å²) in [5, 5.41) is 6.38. The molecule has 2 aromatic rings. The summed E-state index contributed by atoms with van der Waals surface area (Å²) in [6.07, 6.45) is 5.71. The molecule has 4 rings (SSSR count). The van der Waals surface area contributed by atoms with Crippen molar-refractivity contribution in [2.24, 2.45) is 5.92 Å². The summed E-state index contributed by atoms with van der Waals surface area (Å²) in [4.78, 5) is 23.6. The predicted molar refractivity (Wildman–Crippen MR) is 120 cm³/mol. The summed E-state index contributed by atoms with van der Waals surface area (Å²) >= 11 is 0. The van der Waals surface area contributed by atoms with Gasteiger partial charge in [-0.05, 0) is 61.9 Å². The molecular formula is C24H33N5O2. The molecule has 0 spiro atoms. The number of aromatic nitrogens is 2. The molecule has 3 heterocycles. The van der Waals surface area contributed by atoms with E-state index < -0.39 is 0 Å². The molecule has 2 N–H and O–H groups in total. The molecule has 2 aliphatic rings. The number of hydrogen-bond acceptors (Lipinski definition) is 6. The van der Waals surface area contributed by atoms with Crippen LogP contribution < -0.4 is 10.6 Å². The first-order valence-corrected chi connectivity index (χ1v) is 11.3. The number of piperidine rings is 1. The van der Waals surface area contributed by atoms with Crippen molar-refractivity contribution in [3.05, 3.63) is 59.2 Å². The number of ether oxygens (including phenoxy) is 1. The van der Waals surface area contributed by atoms with Gasteiger partial charge in [0.25, 0.3) is 5.91 Å². The Labute approximate surface area is 184 Å². The molecule has 1 aromatic carbocycles. The lowest BCUT2D eigenvalue weighted by atomic mass is 9.93. The Kier molecular flexibility index (Phi) is 7.61. The molecule has 0 bridgehead atoms. The molecule has 31 heavy (non-hydrogen) atoms. The number of methoxy groups -OCH3 is 1. The van der Waals surface area contributed by atoms with Gasteiger partial charge in [0.15, 0.2) is 0 Å². The molecule has 1 saturated heterocycles. The summed E-state index contributed by atoms with van der Waals surface area (Å²) in [5.41, 5.74) is 4.20. The van der Waals surface area contributed by atoms with Gasteiger partial charge in [-0.25, -0.2) is 9.97 Å². The highest BCUT2D eigenvalue weighted by Crippen LogP contribution is 2.19. The Hall–Kier alpha value is -2.35. The molecular weight excluding hydrogens is 390 g/mol. The molecule has 0 radical (unpaired) electrons. The Morgan fingerprint density at radius 3 is 2.87 bits per heavy atom. The molecule has 0 aliphatic carbocycles. The van der Waals surface area contributed by atoms with Gasteiger partial charge in [-0.2, -0.15) is 0 Å². The van der Waals surface area contributed by atoms with Crippen LogP contribution in [0.25, 0.3) is 0 Å². The van der Waals surface area contributed by atoms with Crippen LogP contribution in [0.15, 0.2) is 36.7 Å². The summed E-state index contributed by atoms with van der Waals surface area (Å²) in [7, 11) is 1.70. The highest BCUT2D eigenvalue weighted by atomic mass is 16.5. The van der Waals surface area contributed by atoms with Crippen LogP contribution in [0.5, 0.6) is 0 Å². The maximum atomic E-state index is 12.7. The number of rotatable bonds is 8. The second-order valence-corrected chi connectivity index (χ2v) is 8.61. The van der Waals surface area contributed by atoms with Gasteiger partial charge in [0.1, 0.15) is 12.0 Å². The largest absolute Gasteiger partial charge is 0.378 e. The first-order valence-electron chi connectivity index (χ1n) is 11.3. The van der Waals surface area contributed by atoms with E-state index in [0.717, 1.165) is 64.1 Å². The summed E-state index contributed by atoms with van der Waals surface area (Å²) in [6.45, 7) is 5.30. The van der Waals surface area contributed by atoms with Crippen molar-refractivity contribution in [2.75, 3.05) is 39.8 Å². The SMILES string of the molecule is COC(CNC(=O)c1cc(CC2CCNCC2)ncn1)CN1CCc2ccccc2C1. The number of amides is 1. The monoisotopic (exact) mass is 423 g/mol. The van der Waals surface area contributed by atoms with E-state index in [1.165, 1.54) is 17.5 Å². The number of nitrogens with one attached hydrogen (secondary N) is 2. The summed E-state index contributed by atoms with van der Waals surface area (Å²) in [6, 6.07) is 10.4. The van der Waals surface area contributed by atoms with Crippen molar-refractivity contribution in [3.63, 3.8) is 0 Å². The van der Waals surface area contributed by atoms with Gasteiger partial charge in [0.05, 0.1) is 6.10 Å². The lowest BCUT2D eigenvalue weighted by Crippen LogP contribution is -2.43. The minimum Gasteiger partial charge on any atom is -0.378 e. The minimum atomic E-state index is -0.167. The van der Waals surface area contributed by atoms with Gasteiger partial charge in [0.2, 0.25) is 0 Å². The Balaban J connectivity index is 1.27. The van der Waals surface area contributed by atoms with E-state index in [0.29, 0.717) is 18.2 Å². The third kappa shape index (κ3) is 6.09. The van der Waals surface area contributed by atoms with E-state index in [4.69, 9.17) is 4.74 Å². The maximum absolute atomic E-state index is 12.7. The molecule has 166 valence electrons. The fourth-order valence-corrected chi connectivity index (χ4v) is 4.53. The Morgan fingerprint density at radius 2 is 2.06 bits per heavy atom. The maximum Gasteiger partial charge on any atom is 0.270 e. The zero-order valence-corrected chi connectivity index (χ0v) is 18.3. The van der Waals surface area contributed by atoms with Gasteiger partial charge in [-0.15, -0.1) is 0 Å². The van der Waals surface area contributed by atoms with Crippen molar-refractivity contribution in [2.45, 2.75) is 38.3 Å². The average molecular weight is 424 g/mol. The first-order chi connectivity index (χ1) is 15.2. The van der Waals surface area contributed by atoms with Crippen LogP contribution in [0.3, 0.4) is 0 Å². The molecule has 1 amide bonds. The number of nitrogens with zero attached hydrogens (tertiary/aromatic N) is 3. The molecule has 1 fully saturated rings. The van der Waals surface area contributed by atoms with Crippen molar-refractivity contribution < 1.29 is 9.53 Å². The fraction of sp³-hybridized carbons (Fsp3) is 0.542. The van der Waals surface area contributed by atoms with Crippen LogP contribution in [-0.2, 0) is 24.1 Å². The topological polar surface area (TPSA) is 79.4 Å². The standard InChI is InChI=1S/C24H33N5O2/c1-31-22(16-29-11-8-19-4-2-3-5-20(19)15-29)14-26-24(30)23-13-21(27-17-28-23)12-18-6-9-25-10-7-18/h2-5,13,17-18,22,25H,6-12,14-16H2,1H3,(H,26,30). The molecule has 1 unspecified atom stereocenters. The van der Waals surface area contributed by atoms with E-state index in [9.17, 15) is 4.79 Å². The van der Waals surface area contributed by atoms with Crippen molar-refractivity contribution in [1.29, 1.82) is 0 Å². The van der Waals surface area contributed by atoms with Gasteiger partial charge in [0, 0.05) is 39.0 Å². The van der Waals surface area contributed by atoms with E-state index in [1.54, 1.807) is 7.11 Å². The second-order valence-electron chi connectivity index (χ2n) is 8.61. The number of carbonyl (C=O) groups excluding carboxylic acids is 1. The molecule has 0 saturated carbocycles. The van der Waals surface area contributed by atoms with Crippen molar-refractivity contribution in [3.8, 4) is 0 Å². The molecule has 1 atom stereocenters. The van der Waals surface area contributed by atoms with Gasteiger partial charge >= 0.3 is 0 Å². The molecule has 7 nitrogen and oxygen atoms in total. The molecule has 7 heteroatoms. The van der Waals surface area contributed by atoms with Crippen LogP contribution in [0, 0.1) is 5.92 Å². The smallest absolute Gasteiger partial charge is 0.270 e. The van der Waals surface area contributed by atoms with Gasteiger partial charge < -0.3 is 15.4 Å². The van der Waals surface area contributed by atoms with E-state index in [1.807, 2.05) is 6.07 Å². The zero-order chi connectivity index (χ0) is 21.5. The number of benzene rings is 1. The van der Waals surface area contributed by atoms with Crippen LogP contribution in [0.1, 0.15) is 40.2 Å². The van der Waals surface area contributed by atoms with Gasteiger partial charge in [-0.1, -0.05) is 24.3 Å². The zero-order valence-electron chi connectivity index (χ0n) is 18.3. The minimum absolute atomic E-state index is 0.0646. The highest BCUT2D eigenvalue weighted by molar-refractivity contribution is 5.92. The lowest BCUT2D eigenvalue weighted by Gasteiger charge is -2.31. The summed E-state index contributed by atoms with van der Waals surface area (Å²) < 4.78 is 5.66. The average Bonchev–Trinajstić information content (AvgIpc) is 2.82. The second kappa shape index (κ2) is 10.8. The third-order valence-corrected chi connectivity index (χ3v) is 6.41. The molecule has 2 aliphatic heterocycles. The van der Waals surface area contributed by atoms with E-state index in [-0.39, 0.29) is 12.0 Å². The van der Waals surface area contributed by atoms with Crippen LogP contribution in [-0.4, -0.2) is 66.7 Å². The quantitative estimate of drug-likeness (QED) is 0.674. The Bertz CT molecular complexity index is 869. The summed E-state index contributed by atoms with van der Waals surface area (Å²) in [5.74, 6) is 0.458. The van der Waals surface area contributed by atoms with Crippen molar-refractivity contribution in [1.82, 2.24) is 25.5 Å². The third-order valence-electron chi connectivity index (χ3n) is 6.41. The highest BCUT2D eigenvalue weighted by Gasteiger charge is 2.21. The normalized spacial score (nSPS) is 18.4. The molecule has 1 aromatic heterocycles. The first kappa shape index (κ1) is 21.9. The van der Waals surface area contributed by atoms with Crippen LogP contribution in [0.4, 0.5) is 0 Å². The predicted octanol–water partition coefficient (Wildman–Crippen LogP) is 1.82. The fourth-order valence-electron chi connectivity index (χ4n) is 4.53. The van der Waals surface area contributed by atoms with E-state index >= 15 is 0 Å².